The molecule has 1 aliphatic carbocycles. The highest BCUT2D eigenvalue weighted by Crippen LogP contribution is 2.43. The summed E-state index contributed by atoms with van der Waals surface area (Å²) in [6, 6.07) is 6.79. The molecule has 0 aromatic heterocycles. The van der Waals surface area contributed by atoms with Gasteiger partial charge in [0, 0.05) is 5.54 Å². The minimum Gasteiger partial charge on any atom is -0.322 e. The number of benzene rings is 1. The van der Waals surface area contributed by atoms with E-state index in [1.807, 2.05) is 13.8 Å². The van der Waals surface area contributed by atoms with Gasteiger partial charge in [0.1, 0.15) is 0 Å². The second-order valence-electron chi connectivity index (χ2n) is 7.33. The average Bonchev–Trinajstić information content (AvgIpc) is 2.32. The van der Waals surface area contributed by atoms with Crippen LogP contribution in [0.2, 0.25) is 0 Å². The first kappa shape index (κ1) is 14.3. The first-order valence-corrected chi connectivity index (χ1v) is 7.26. The Bertz CT molecular complexity index is 503. The Hall–Kier alpha value is -1.08. The van der Waals surface area contributed by atoms with Crippen molar-refractivity contribution in [2.45, 2.75) is 64.3 Å². The van der Waals surface area contributed by atoms with E-state index in [2.05, 4.69) is 45.5 Å². The zero-order valence-electron chi connectivity index (χ0n) is 13.0. The standard InChI is InChI=1S/C18H27N/c1-12-9-10-17(3,4)16-11-14(7-8-15(12)16)13(2)18(5,6)19/h7-8,11-12H,2,9-10,19H2,1,3-6H3. The molecule has 0 radical (unpaired) electrons. The largest absolute Gasteiger partial charge is 0.322 e. The van der Waals surface area contributed by atoms with E-state index < -0.39 is 0 Å². The van der Waals surface area contributed by atoms with E-state index in [1.165, 1.54) is 29.5 Å². The molecule has 2 rings (SSSR count). The van der Waals surface area contributed by atoms with Gasteiger partial charge in [0.05, 0.1) is 0 Å². The highest BCUT2D eigenvalue weighted by atomic mass is 14.7. The molecule has 1 atom stereocenters. The number of hydrogen-bond acceptors (Lipinski definition) is 1. The van der Waals surface area contributed by atoms with Crippen LogP contribution in [0.25, 0.3) is 5.57 Å². The molecule has 0 aliphatic heterocycles. The second-order valence-corrected chi connectivity index (χ2v) is 7.33. The van der Waals surface area contributed by atoms with Crippen molar-refractivity contribution < 1.29 is 0 Å². The van der Waals surface area contributed by atoms with Crippen LogP contribution in [0.4, 0.5) is 0 Å². The molecule has 0 saturated carbocycles. The molecular weight excluding hydrogens is 230 g/mol. The van der Waals surface area contributed by atoms with E-state index in [0.717, 1.165) is 5.57 Å². The maximum absolute atomic E-state index is 6.18. The summed E-state index contributed by atoms with van der Waals surface area (Å²) in [6.45, 7) is 15.2. The minimum absolute atomic E-state index is 0.261. The topological polar surface area (TPSA) is 26.0 Å². The van der Waals surface area contributed by atoms with Gasteiger partial charge in [0.2, 0.25) is 0 Å². The highest BCUT2D eigenvalue weighted by Gasteiger charge is 2.31. The predicted octanol–water partition coefficient (Wildman–Crippen LogP) is 4.61. The van der Waals surface area contributed by atoms with Gasteiger partial charge in [-0.05, 0) is 60.3 Å². The summed E-state index contributed by atoms with van der Waals surface area (Å²) < 4.78 is 0. The number of rotatable bonds is 2. The van der Waals surface area contributed by atoms with Gasteiger partial charge in [0.15, 0.2) is 0 Å². The minimum atomic E-state index is -0.362. The highest BCUT2D eigenvalue weighted by molar-refractivity contribution is 5.71. The molecule has 0 spiro atoms. The van der Waals surface area contributed by atoms with E-state index in [4.69, 9.17) is 5.73 Å². The van der Waals surface area contributed by atoms with Gasteiger partial charge in [-0.3, -0.25) is 0 Å². The van der Waals surface area contributed by atoms with Crippen molar-refractivity contribution in [1.29, 1.82) is 0 Å². The van der Waals surface area contributed by atoms with Crippen LogP contribution in [-0.2, 0) is 5.41 Å². The van der Waals surface area contributed by atoms with E-state index in [-0.39, 0.29) is 11.0 Å². The SMILES string of the molecule is C=C(c1ccc2c(c1)C(C)(C)CCC2C)C(C)(C)N. The fraction of sp³-hybridized carbons (Fsp3) is 0.556. The fourth-order valence-electron chi connectivity index (χ4n) is 3.00. The van der Waals surface area contributed by atoms with E-state index in [1.54, 1.807) is 0 Å². The third-order valence-electron chi connectivity index (χ3n) is 4.64. The Morgan fingerprint density at radius 2 is 2.00 bits per heavy atom. The van der Waals surface area contributed by atoms with Gasteiger partial charge < -0.3 is 5.73 Å². The van der Waals surface area contributed by atoms with Crippen molar-refractivity contribution in [2.75, 3.05) is 0 Å². The van der Waals surface area contributed by atoms with Crippen molar-refractivity contribution in [3.05, 3.63) is 41.5 Å². The zero-order valence-corrected chi connectivity index (χ0v) is 13.0. The van der Waals surface area contributed by atoms with Crippen molar-refractivity contribution in [3.8, 4) is 0 Å². The molecule has 0 bridgehead atoms. The third-order valence-corrected chi connectivity index (χ3v) is 4.64. The Labute approximate surface area is 117 Å². The molecule has 104 valence electrons. The molecule has 1 aromatic carbocycles. The normalized spacial score (nSPS) is 21.9. The molecule has 0 heterocycles. The first-order chi connectivity index (χ1) is 8.63. The lowest BCUT2D eigenvalue weighted by Crippen LogP contribution is -2.33. The van der Waals surface area contributed by atoms with E-state index in [0.29, 0.717) is 5.92 Å². The quantitative estimate of drug-likeness (QED) is 0.822. The summed E-state index contributed by atoms with van der Waals surface area (Å²) >= 11 is 0. The van der Waals surface area contributed by atoms with Gasteiger partial charge in [-0.2, -0.15) is 0 Å². The summed E-state index contributed by atoms with van der Waals surface area (Å²) in [6.07, 6.45) is 2.53. The molecule has 1 heteroatoms. The number of hydrogen-bond donors (Lipinski definition) is 1. The lowest BCUT2D eigenvalue weighted by molar-refractivity contribution is 0.402. The average molecular weight is 257 g/mol. The van der Waals surface area contributed by atoms with Crippen LogP contribution < -0.4 is 5.73 Å². The van der Waals surface area contributed by atoms with Gasteiger partial charge in [-0.25, -0.2) is 0 Å². The van der Waals surface area contributed by atoms with Crippen molar-refractivity contribution >= 4 is 5.57 Å². The number of nitrogens with two attached hydrogens (primary N) is 1. The molecule has 1 aliphatic rings. The summed E-state index contributed by atoms with van der Waals surface area (Å²) in [5, 5.41) is 0. The monoisotopic (exact) mass is 257 g/mol. The first-order valence-electron chi connectivity index (χ1n) is 7.26. The lowest BCUT2D eigenvalue weighted by Gasteiger charge is -2.37. The summed E-state index contributed by atoms with van der Waals surface area (Å²) in [5.74, 6) is 0.663. The van der Waals surface area contributed by atoms with Crippen LogP contribution in [0.3, 0.4) is 0 Å². The molecule has 0 fully saturated rings. The molecule has 1 nitrogen and oxygen atoms in total. The van der Waals surface area contributed by atoms with Crippen molar-refractivity contribution in [1.82, 2.24) is 0 Å². The maximum Gasteiger partial charge on any atom is 0.0352 e. The Morgan fingerprint density at radius 1 is 1.37 bits per heavy atom. The summed E-state index contributed by atoms with van der Waals surface area (Å²) in [4.78, 5) is 0. The van der Waals surface area contributed by atoms with Crippen LogP contribution in [0.1, 0.15) is 70.1 Å². The Kier molecular flexibility index (Phi) is 3.38. The van der Waals surface area contributed by atoms with Crippen LogP contribution in [-0.4, -0.2) is 5.54 Å². The molecule has 0 amide bonds. The van der Waals surface area contributed by atoms with Gasteiger partial charge in [0.25, 0.3) is 0 Å². The van der Waals surface area contributed by atoms with Gasteiger partial charge in [-0.15, -0.1) is 0 Å². The lowest BCUT2D eigenvalue weighted by atomic mass is 9.68. The maximum atomic E-state index is 6.18. The third kappa shape index (κ3) is 2.62. The van der Waals surface area contributed by atoms with Crippen LogP contribution in [0, 0.1) is 0 Å². The summed E-state index contributed by atoms with van der Waals surface area (Å²) in [7, 11) is 0. The smallest absolute Gasteiger partial charge is 0.0352 e. The Balaban J connectivity index is 2.51. The van der Waals surface area contributed by atoms with Gasteiger partial charge >= 0.3 is 0 Å². The molecule has 1 aromatic rings. The van der Waals surface area contributed by atoms with E-state index in [9.17, 15) is 0 Å². The molecule has 1 unspecified atom stereocenters. The zero-order chi connectivity index (χ0) is 14.4. The van der Waals surface area contributed by atoms with Gasteiger partial charge in [-0.1, -0.05) is 45.5 Å². The summed E-state index contributed by atoms with van der Waals surface area (Å²) in [5.41, 5.74) is 11.3. The predicted molar refractivity (Wildman–Crippen MR) is 84.4 cm³/mol. The molecule has 0 saturated heterocycles. The fourth-order valence-corrected chi connectivity index (χ4v) is 3.00. The van der Waals surface area contributed by atoms with Crippen molar-refractivity contribution in [3.63, 3.8) is 0 Å². The van der Waals surface area contributed by atoms with E-state index >= 15 is 0 Å². The van der Waals surface area contributed by atoms with Crippen molar-refractivity contribution in [2.24, 2.45) is 5.73 Å². The Morgan fingerprint density at radius 3 is 2.58 bits per heavy atom. The molecular formula is C18H27N. The second kappa shape index (κ2) is 4.49. The van der Waals surface area contributed by atoms with Crippen LogP contribution in [0.15, 0.2) is 24.8 Å². The number of fused-ring (bicyclic) bond motifs is 1. The molecule has 2 N–H and O–H groups in total. The molecule has 19 heavy (non-hydrogen) atoms. The van der Waals surface area contributed by atoms with Crippen LogP contribution in [0.5, 0.6) is 0 Å². The van der Waals surface area contributed by atoms with Crippen LogP contribution >= 0.6 is 0 Å².